The van der Waals surface area contributed by atoms with E-state index in [1.54, 1.807) is 0 Å². The van der Waals surface area contributed by atoms with Gasteiger partial charge in [0.15, 0.2) is 0 Å². The normalized spacial score (nSPS) is 19.6. The average molecular weight is 306 g/mol. The molecule has 1 N–H and O–H groups in total. The summed E-state index contributed by atoms with van der Waals surface area (Å²) in [5.41, 5.74) is 2.72. The summed E-state index contributed by atoms with van der Waals surface area (Å²) in [6.07, 6.45) is 2.32. The van der Waals surface area contributed by atoms with Gasteiger partial charge in [0.1, 0.15) is 0 Å². The predicted octanol–water partition coefficient (Wildman–Crippen LogP) is 1.39. The second-order valence-electron chi connectivity index (χ2n) is 6.21. The topological polar surface area (TPSA) is 61.5 Å². The van der Waals surface area contributed by atoms with Crippen molar-refractivity contribution in [2.45, 2.75) is 32.6 Å². The van der Waals surface area contributed by atoms with Crippen LogP contribution in [0.3, 0.4) is 0 Å². The van der Waals surface area contributed by atoms with Gasteiger partial charge in [-0.1, -0.05) is 0 Å². The van der Waals surface area contributed by atoms with Crippen molar-refractivity contribution in [3.8, 4) is 0 Å². The van der Waals surface area contributed by atoms with Crippen molar-refractivity contribution in [1.29, 1.82) is 0 Å². The average Bonchev–Trinajstić information content (AvgIpc) is 3.30. The minimum Gasteiger partial charge on any atom is -0.380 e. The second-order valence-corrected chi connectivity index (χ2v) is 6.21. The van der Waals surface area contributed by atoms with E-state index in [4.69, 9.17) is 4.74 Å². The molecule has 1 saturated carbocycles. The van der Waals surface area contributed by atoms with Crippen LogP contribution in [0.1, 0.15) is 47.4 Å². The van der Waals surface area contributed by atoms with Gasteiger partial charge in [-0.3, -0.25) is 14.8 Å². The number of nitrogens with zero attached hydrogens (tertiary/aromatic N) is 3. The van der Waals surface area contributed by atoms with Gasteiger partial charge in [0, 0.05) is 50.9 Å². The second kappa shape index (κ2) is 6.79. The van der Waals surface area contributed by atoms with Gasteiger partial charge >= 0.3 is 0 Å². The number of aromatic amines is 1. The third-order valence-corrected chi connectivity index (χ3v) is 4.57. The first-order chi connectivity index (χ1) is 10.7. The van der Waals surface area contributed by atoms with Gasteiger partial charge in [-0.15, -0.1) is 0 Å². The van der Waals surface area contributed by atoms with Crippen molar-refractivity contribution < 1.29 is 9.53 Å². The van der Waals surface area contributed by atoms with E-state index >= 15 is 0 Å². The molecule has 6 nitrogen and oxygen atoms in total. The lowest BCUT2D eigenvalue weighted by Crippen LogP contribution is -2.49. The summed E-state index contributed by atoms with van der Waals surface area (Å²) in [4.78, 5) is 17.2. The van der Waals surface area contributed by atoms with E-state index in [1.165, 1.54) is 0 Å². The summed E-state index contributed by atoms with van der Waals surface area (Å²) >= 11 is 0. The third kappa shape index (κ3) is 3.33. The van der Waals surface area contributed by atoms with Gasteiger partial charge in [-0.05, 0) is 26.7 Å². The van der Waals surface area contributed by atoms with Crippen LogP contribution in [0.4, 0.5) is 0 Å². The molecule has 2 heterocycles. The number of ether oxygens (including phenoxy) is 1. The van der Waals surface area contributed by atoms with Crippen LogP contribution in [0.2, 0.25) is 0 Å². The molecule has 1 saturated heterocycles. The van der Waals surface area contributed by atoms with Gasteiger partial charge in [0.2, 0.25) is 0 Å². The molecule has 1 amide bonds. The minimum atomic E-state index is 0.151. The molecule has 0 aromatic carbocycles. The first-order valence-electron chi connectivity index (χ1n) is 8.35. The number of aromatic nitrogens is 2. The van der Waals surface area contributed by atoms with E-state index in [1.807, 2.05) is 18.7 Å². The van der Waals surface area contributed by atoms with Gasteiger partial charge < -0.3 is 9.64 Å². The quantitative estimate of drug-likeness (QED) is 0.807. The number of nitrogens with one attached hydrogen (secondary N) is 1. The molecule has 3 rings (SSSR count). The molecule has 2 fully saturated rings. The van der Waals surface area contributed by atoms with E-state index in [0.29, 0.717) is 5.92 Å². The summed E-state index contributed by atoms with van der Waals surface area (Å²) in [5, 5.41) is 7.36. The van der Waals surface area contributed by atoms with Crippen LogP contribution in [0, 0.1) is 6.92 Å². The predicted molar refractivity (Wildman–Crippen MR) is 84.1 cm³/mol. The van der Waals surface area contributed by atoms with E-state index in [0.717, 1.165) is 75.7 Å². The number of piperazine rings is 1. The van der Waals surface area contributed by atoms with E-state index in [-0.39, 0.29) is 5.91 Å². The Morgan fingerprint density at radius 3 is 2.68 bits per heavy atom. The molecule has 1 aliphatic carbocycles. The van der Waals surface area contributed by atoms with E-state index in [9.17, 15) is 4.79 Å². The smallest absolute Gasteiger partial charge is 0.257 e. The van der Waals surface area contributed by atoms with Crippen molar-refractivity contribution in [3.63, 3.8) is 0 Å². The van der Waals surface area contributed by atoms with Gasteiger partial charge in [-0.2, -0.15) is 5.10 Å². The molecular weight excluding hydrogens is 280 g/mol. The number of H-pyrrole nitrogens is 1. The lowest BCUT2D eigenvalue weighted by Gasteiger charge is -2.34. The Morgan fingerprint density at radius 1 is 1.32 bits per heavy atom. The Labute approximate surface area is 131 Å². The Morgan fingerprint density at radius 2 is 2.05 bits per heavy atom. The van der Waals surface area contributed by atoms with Crippen LogP contribution in [0.5, 0.6) is 0 Å². The summed E-state index contributed by atoms with van der Waals surface area (Å²) in [6, 6.07) is 0. The van der Waals surface area contributed by atoms with Crippen molar-refractivity contribution in [2.75, 3.05) is 45.9 Å². The van der Waals surface area contributed by atoms with Crippen LogP contribution in [-0.2, 0) is 4.74 Å². The van der Waals surface area contributed by atoms with Gasteiger partial charge in [0.25, 0.3) is 5.91 Å². The summed E-state index contributed by atoms with van der Waals surface area (Å²) in [6.45, 7) is 9.89. The standard InChI is InChI=1S/C16H26N4O2/c1-3-22-11-10-19-6-8-20(9-7-19)16(21)14-12(2)17-18-15(14)13-4-5-13/h13H,3-11H2,1-2H3,(H,17,18). The minimum absolute atomic E-state index is 0.151. The number of aryl methyl sites for hydroxylation is 1. The molecule has 1 aromatic rings. The number of hydrogen-bond acceptors (Lipinski definition) is 4. The number of carbonyl (C=O) groups excluding carboxylic acids is 1. The highest BCUT2D eigenvalue weighted by Gasteiger charge is 2.34. The number of hydrogen-bond donors (Lipinski definition) is 1. The van der Waals surface area contributed by atoms with Crippen molar-refractivity contribution in [3.05, 3.63) is 17.0 Å². The monoisotopic (exact) mass is 306 g/mol. The maximum atomic E-state index is 12.8. The fraction of sp³-hybridized carbons (Fsp3) is 0.750. The molecule has 1 aliphatic heterocycles. The maximum absolute atomic E-state index is 12.8. The number of rotatable bonds is 6. The van der Waals surface area contributed by atoms with Gasteiger partial charge in [0.05, 0.1) is 17.9 Å². The maximum Gasteiger partial charge on any atom is 0.257 e. The lowest BCUT2D eigenvalue weighted by molar-refractivity contribution is 0.0563. The highest BCUT2D eigenvalue weighted by Crippen LogP contribution is 2.41. The zero-order chi connectivity index (χ0) is 15.5. The summed E-state index contributed by atoms with van der Waals surface area (Å²) in [7, 11) is 0. The largest absolute Gasteiger partial charge is 0.380 e. The lowest BCUT2D eigenvalue weighted by atomic mass is 10.1. The molecule has 0 bridgehead atoms. The zero-order valence-electron chi connectivity index (χ0n) is 13.6. The molecule has 2 aliphatic rings. The molecule has 6 heteroatoms. The first-order valence-corrected chi connectivity index (χ1v) is 8.35. The zero-order valence-corrected chi connectivity index (χ0v) is 13.6. The van der Waals surface area contributed by atoms with Crippen molar-refractivity contribution >= 4 is 5.91 Å². The summed E-state index contributed by atoms with van der Waals surface area (Å²) in [5.74, 6) is 0.647. The SMILES string of the molecule is CCOCCN1CCN(C(=O)c2c(C3CC3)n[nH]c2C)CC1. The highest BCUT2D eigenvalue weighted by molar-refractivity contribution is 5.96. The molecule has 0 unspecified atom stereocenters. The van der Waals surface area contributed by atoms with Crippen molar-refractivity contribution in [2.24, 2.45) is 0 Å². The molecule has 22 heavy (non-hydrogen) atoms. The molecular formula is C16H26N4O2. The number of amides is 1. The Balaban J connectivity index is 1.57. The van der Waals surface area contributed by atoms with E-state index < -0.39 is 0 Å². The van der Waals surface area contributed by atoms with E-state index in [2.05, 4.69) is 15.1 Å². The molecule has 0 atom stereocenters. The van der Waals surface area contributed by atoms with Crippen molar-refractivity contribution in [1.82, 2.24) is 20.0 Å². The van der Waals surface area contributed by atoms with Crippen LogP contribution < -0.4 is 0 Å². The third-order valence-electron chi connectivity index (χ3n) is 4.57. The molecule has 122 valence electrons. The Bertz CT molecular complexity index is 516. The fourth-order valence-electron chi connectivity index (χ4n) is 3.04. The Kier molecular flexibility index (Phi) is 4.78. The summed E-state index contributed by atoms with van der Waals surface area (Å²) < 4.78 is 5.40. The van der Waals surface area contributed by atoms with Crippen LogP contribution in [-0.4, -0.2) is 71.8 Å². The van der Waals surface area contributed by atoms with Crippen LogP contribution in [0.25, 0.3) is 0 Å². The molecule has 0 spiro atoms. The fourth-order valence-corrected chi connectivity index (χ4v) is 3.04. The van der Waals surface area contributed by atoms with Crippen LogP contribution >= 0.6 is 0 Å². The molecule has 1 aromatic heterocycles. The number of carbonyl (C=O) groups is 1. The first kappa shape index (κ1) is 15.5. The molecule has 0 radical (unpaired) electrons. The highest BCUT2D eigenvalue weighted by atomic mass is 16.5. The van der Waals surface area contributed by atoms with Crippen LogP contribution in [0.15, 0.2) is 0 Å². The Hall–Kier alpha value is -1.40. The van der Waals surface area contributed by atoms with Gasteiger partial charge in [-0.25, -0.2) is 0 Å².